The molecule has 0 aliphatic heterocycles. The van der Waals surface area contributed by atoms with Crippen LogP contribution in [0.25, 0.3) is 11.1 Å². The van der Waals surface area contributed by atoms with Crippen LogP contribution in [0, 0.1) is 33.5 Å². The van der Waals surface area contributed by atoms with Crippen LogP contribution < -0.4 is 0 Å². The molecule has 2 aromatic rings. The highest BCUT2D eigenvalue weighted by Gasteiger charge is 2.18. The van der Waals surface area contributed by atoms with Gasteiger partial charge in [-0.25, -0.2) is 4.39 Å². The summed E-state index contributed by atoms with van der Waals surface area (Å²) in [7, 11) is 0. The Labute approximate surface area is 137 Å². The van der Waals surface area contributed by atoms with Crippen LogP contribution in [0.2, 0.25) is 0 Å². The number of rotatable bonds is 4. The van der Waals surface area contributed by atoms with Crippen molar-refractivity contribution in [2.24, 2.45) is 0 Å². The first-order chi connectivity index (χ1) is 10.7. The standard InChI is InChI=1S/C20H23FO2/c1-11-6-13(3)19(14(4)7-11)16-8-15(5)20(21)17(10-16)12(2)9-18(22)23/h6-8,10,12H,9H2,1-5H3,(H,22,23)/t12-/m0/s1. The molecule has 0 aliphatic rings. The van der Waals surface area contributed by atoms with Gasteiger partial charge in [0.15, 0.2) is 0 Å². The SMILES string of the molecule is Cc1cc(C)c(-c2cc(C)c(F)c([C@@H](C)CC(=O)O)c2)c(C)c1. The van der Waals surface area contributed by atoms with Crippen LogP contribution in [0.4, 0.5) is 4.39 Å². The zero-order valence-electron chi connectivity index (χ0n) is 14.3. The zero-order valence-corrected chi connectivity index (χ0v) is 14.3. The maximum Gasteiger partial charge on any atom is 0.303 e. The highest BCUT2D eigenvalue weighted by Crippen LogP contribution is 2.34. The van der Waals surface area contributed by atoms with Crippen LogP contribution in [0.15, 0.2) is 24.3 Å². The van der Waals surface area contributed by atoms with Gasteiger partial charge in [-0.3, -0.25) is 4.79 Å². The van der Waals surface area contributed by atoms with E-state index in [-0.39, 0.29) is 18.2 Å². The normalized spacial score (nSPS) is 12.3. The first-order valence-corrected chi connectivity index (χ1v) is 7.80. The van der Waals surface area contributed by atoms with E-state index in [1.807, 2.05) is 19.9 Å². The Kier molecular flexibility index (Phi) is 4.88. The average Bonchev–Trinajstić information content (AvgIpc) is 2.40. The number of carboxylic acid groups (broad SMARTS) is 1. The third kappa shape index (κ3) is 3.61. The van der Waals surface area contributed by atoms with Gasteiger partial charge in [0.25, 0.3) is 0 Å². The molecular formula is C20H23FO2. The summed E-state index contributed by atoms with van der Waals surface area (Å²) in [4.78, 5) is 11.0. The minimum absolute atomic E-state index is 0.0777. The Hall–Kier alpha value is -2.16. The Bertz CT molecular complexity index is 739. The van der Waals surface area contributed by atoms with Gasteiger partial charge < -0.3 is 5.11 Å². The van der Waals surface area contributed by atoms with Gasteiger partial charge in [0.1, 0.15) is 5.82 Å². The number of halogens is 1. The molecule has 1 N–H and O–H groups in total. The number of hydrogen-bond donors (Lipinski definition) is 1. The van der Waals surface area contributed by atoms with Gasteiger partial charge in [0, 0.05) is 0 Å². The third-order valence-electron chi connectivity index (χ3n) is 4.26. The average molecular weight is 314 g/mol. The predicted molar refractivity (Wildman–Crippen MR) is 91.5 cm³/mol. The molecule has 23 heavy (non-hydrogen) atoms. The van der Waals surface area contributed by atoms with E-state index in [0.717, 1.165) is 22.3 Å². The van der Waals surface area contributed by atoms with E-state index in [4.69, 9.17) is 5.11 Å². The molecule has 1 atom stereocenters. The van der Waals surface area contributed by atoms with Gasteiger partial charge in [-0.1, -0.05) is 24.6 Å². The molecule has 0 aliphatic carbocycles. The molecule has 0 bridgehead atoms. The number of benzene rings is 2. The van der Waals surface area contributed by atoms with E-state index < -0.39 is 5.97 Å². The Morgan fingerprint density at radius 1 is 1.04 bits per heavy atom. The Morgan fingerprint density at radius 2 is 1.61 bits per heavy atom. The second-order valence-corrected chi connectivity index (χ2v) is 6.47. The number of carbonyl (C=O) groups is 1. The fourth-order valence-corrected chi connectivity index (χ4v) is 3.31. The molecule has 0 unspecified atom stereocenters. The molecule has 2 rings (SSSR count). The van der Waals surface area contributed by atoms with E-state index >= 15 is 0 Å². The Balaban J connectivity index is 2.62. The summed E-state index contributed by atoms with van der Waals surface area (Å²) in [6, 6.07) is 7.88. The van der Waals surface area contributed by atoms with Crippen molar-refractivity contribution in [2.45, 2.75) is 47.0 Å². The van der Waals surface area contributed by atoms with Crippen molar-refractivity contribution in [3.05, 3.63) is 57.9 Å². The predicted octanol–water partition coefficient (Wildman–Crippen LogP) is 5.30. The second-order valence-electron chi connectivity index (χ2n) is 6.47. The summed E-state index contributed by atoms with van der Waals surface area (Å²) in [6.45, 7) is 9.64. The lowest BCUT2D eigenvalue weighted by atomic mass is 9.88. The molecular weight excluding hydrogens is 291 g/mol. The lowest BCUT2D eigenvalue weighted by Crippen LogP contribution is -2.06. The minimum atomic E-state index is -0.914. The smallest absolute Gasteiger partial charge is 0.303 e. The van der Waals surface area contributed by atoms with Gasteiger partial charge in [0.05, 0.1) is 6.42 Å². The van der Waals surface area contributed by atoms with Gasteiger partial charge in [-0.2, -0.15) is 0 Å². The largest absolute Gasteiger partial charge is 0.481 e. The van der Waals surface area contributed by atoms with Gasteiger partial charge in [-0.05, 0) is 79.1 Å². The molecule has 3 heteroatoms. The van der Waals surface area contributed by atoms with Crippen molar-refractivity contribution >= 4 is 5.97 Å². The lowest BCUT2D eigenvalue weighted by Gasteiger charge is -2.17. The monoisotopic (exact) mass is 314 g/mol. The first kappa shape index (κ1) is 17.2. The molecule has 0 saturated carbocycles. The molecule has 0 heterocycles. The molecule has 0 aromatic heterocycles. The summed E-state index contributed by atoms with van der Waals surface area (Å²) in [5.74, 6) is -1.58. The summed E-state index contributed by atoms with van der Waals surface area (Å²) < 4.78 is 14.5. The highest BCUT2D eigenvalue weighted by atomic mass is 19.1. The van der Waals surface area contributed by atoms with Crippen molar-refractivity contribution in [1.82, 2.24) is 0 Å². The minimum Gasteiger partial charge on any atom is -0.481 e. The van der Waals surface area contributed by atoms with Gasteiger partial charge in [-0.15, -0.1) is 0 Å². The van der Waals surface area contributed by atoms with Crippen molar-refractivity contribution in [3.63, 3.8) is 0 Å². The van der Waals surface area contributed by atoms with E-state index in [1.165, 1.54) is 5.56 Å². The number of hydrogen-bond acceptors (Lipinski definition) is 1. The molecule has 0 fully saturated rings. The fraction of sp³-hybridized carbons (Fsp3) is 0.350. The Morgan fingerprint density at radius 3 is 2.13 bits per heavy atom. The molecule has 0 saturated heterocycles. The maximum atomic E-state index is 14.5. The summed E-state index contributed by atoms with van der Waals surface area (Å²) in [6.07, 6.45) is -0.0777. The molecule has 122 valence electrons. The molecule has 0 amide bonds. The number of aliphatic carboxylic acids is 1. The molecule has 0 spiro atoms. The quantitative estimate of drug-likeness (QED) is 0.831. The van der Waals surface area contributed by atoms with E-state index in [2.05, 4.69) is 19.1 Å². The van der Waals surface area contributed by atoms with Crippen LogP contribution in [0.1, 0.15) is 47.1 Å². The second kappa shape index (κ2) is 6.53. The highest BCUT2D eigenvalue weighted by molar-refractivity contribution is 5.73. The van der Waals surface area contributed by atoms with Crippen LogP contribution >= 0.6 is 0 Å². The molecule has 2 aromatic carbocycles. The molecule has 2 nitrogen and oxygen atoms in total. The maximum absolute atomic E-state index is 14.5. The van der Waals surface area contributed by atoms with Gasteiger partial charge in [0.2, 0.25) is 0 Å². The number of aryl methyl sites for hydroxylation is 4. The first-order valence-electron chi connectivity index (χ1n) is 7.80. The number of carboxylic acids is 1. The molecule has 0 radical (unpaired) electrons. The van der Waals surface area contributed by atoms with Crippen LogP contribution in [0.5, 0.6) is 0 Å². The summed E-state index contributed by atoms with van der Waals surface area (Å²) in [5.41, 5.74) is 6.56. The van der Waals surface area contributed by atoms with Crippen molar-refractivity contribution in [3.8, 4) is 11.1 Å². The zero-order chi connectivity index (χ0) is 17.3. The summed E-state index contributed by atoms with van der Waals surface area (Å²) in [5, 5.41) is 8.99. The lowest BCUT2D eigenvalue weighted by molar-refractivity contribution is -0.137. The fourth-order valence-electron chi connectivity index (χ4n) is 3.31. The van der Waals surface area contributed by atoms with Crippen LogP contribution in [0.3, 0.4) is 0 Å². The third-order valence-corrected chi connectivity index (χ3v) is 4.26. The van der Waals surface area contributed by atoms with Crippen molar-refractivity contribution < 1.29 is 14.3 Å². The van der Waals surface area contributed by atoms with Crippen molar-refractivity contribution in [1.29, 1.82) is 0 Å². The summed E-state index contributed by atoms with van der Waals surface area (Å²) >= 11 is 0. The van der Waals surface area contributed by atoms with Crippen LogP contribution in [-0.4, -0.2) is 11.1 Å². The van der Waals surface area contributed by atoms with Gasteiger partial charge >= 0.3 is 5.97 Å². The topological polar surface area (TPSA) is 37.3 Å². The van der Waals surface area contributed by atoms with E-state index in [9.17, 15) is 9.18 Å². The van der Waals surface area contributed by atoms with E-state index in [1.54, 1.807) is 19.9 Å². The van der Waals surface area contributed by atoms with Crippen molar-refractivity contribution in [2.75, 3.05) is 0 Å². The van der Waals surface area contributed by atoms with Crippen LogP contribution in [-0.2, 0) is 4.79 Å². The van der Waals surface area contributed by atoms with E-state index in [0.29, 0.717) is 11.1 Å².